The van der Waals surface area contributed by atoms with Crippen LogP contribution in [0.4, 0.5) is 5.82 Å². The second kappa shape index (κ2) is 6.15. The van der Waals surface area contributed by atoms with Gasteiger partial charge in [0.1, 0.15) is 18.2 Å². The van der Waals surface area contributed by atoms with Gasteiger partial charge in [0, 0.05) is 32.1 Å². The van der Waals surface area contributed by atoms with Gasteiger partial charge in [-0.3, -0.25) is 19.2 Å². The second-order valence-corrected chi connectivity index (χ2v) is 8.71. The van der Waals surface area contributed by atoms with Crippen LogP contribution in [0.2, 0.25) is 0 Å². The molecule has 5 rings (SSSR count). The first-order valence-electron chi connectivity index (χ1n) is 9.97. The average molecular weight is 383 g/mol. The summed E-state index contributed by atoms with van der Waals surface area (Å²) < 4.78 is 3.60. The predicted octanol–water partition coefficient (Wildman–Crippen LogP) is 1.32. The van der Waals surface area contributed by atoms with Gasteiger partial charge in [0.05, 0.1) is 5.69 Å². The lowest BCUT2D eigenvalue weighted by Gasteiger charge is -2.19. The molecule has 148 valence electrons. The highest BCUT2D eigenvalue weighted by molar-refractivity contribution is 6.00. The van der Waals surface area contributed by atoms with Gasteiger partial charge in [0.2, 0.25) is 5.82 Å². The molecule has 2 aliphatic carbocycles. The number of hydrogen-bond donors (Lipinski definition) is 1. The maximum Gasteiger partial charge on any atom is 0.291 e. The molecule has 1 N–H and O–H groups in total. The normalized spacial score (nSPS) is 23.3. The van der Waals surface area contributed by atoms with Crippen molar-refractivity contribution in [2.75, 3.05) is 11.9 Å². The molecule has 0 bridgehead atoms. The third kappa shape index (κ3) is 3.18. The monoisotopic (exact) mass is 383 g/mol. The molecule has 2 aromatic rings. The largest absolute Gasteiger partial charge is 0.337 e. The van der Waals surface area contributed by atoms with Crippen molar-refractivity contribution >= 4 is 17.6 Å². The molecule has 1 aliphatic heterocycles. The fourth-order valence-electron chi connectivity index (χ4n) is 3.76. The number of carbonyl (C=O) groups excluding carboxylic acids is 2. The van der Waals surface area contributed by atoms with Gasteiger partial charge in [0.25, 0.3) is 11.8 Å². The lowest BCUT2D eigenvalue weighted by molar-refractivity contribution is -0.120. The maximum atomic E-state index is 12.9. The van der Waals surface area contributed by atoms with E-state index in [1.54, 1.807) is 23.0 Å². The van der Waals surface area contributed by atoms with E-state index in [1.165, 1.54) is 25.7 Å². The zero-order chi connectivity index (χ0) is 19.5. The molecule has 1 atom stereocenters. The van der Waals surface area contributed by atoms with Gasteiger partial charge < -0.3 is 5.32 Å². The number of amides is 2. The molecule has 3 heterocycles. The number of likely N-dealkylation sites (N-methyl/N-ethyl adjacent to an activating group) is 1. The van der Waals surface area contributed by atoms with Crippen molar-refractivity contribution in [3.8, 4) is 0 Å². The zero-order valence-corrected chi connectivity index (χ0v) is 16.3. The Morgan fingerprint density at radius 1 is 1.29 bits per heavy atom. The van der Waals surface area contributed by atoms with Gasteiger partial charge >= 0.3 is 0 Å². The molecule has 2 aromatic heterocycles. The number of aromatic nitrogens is 5. The van der Waals surface area contributed by atoms with Gasteiger partial charge in [-0.2, -0.15) is 5.10 Å². The van der Waals surface area contributed by atoms with Gasteiger partial charge in [0.15, 0.2) is 0 Å². The average Bonchev–Trinajstić information content (AvgIpc) is 3.56. The van der Waals surface area contributed by atoms with E-state index >= 15 is 0 Å². The van der Waals surface area contributed by atoms with E-state index in [0.29, 0.717) is 18.9 Å². The summed E-state index contributed by atoms with van der Waals surface area (Å²) >= 11 is 0. The standard InChI is InChI=1S/C19H25N7O2/c1-19(6-7-19)10-25-11-20-16(23-25)17(27)21-13-5-8-26-15(24(2)18(13)28)9-14(22-26)12-3-4-12/h9,11-13H,3-8,10H2,1-2H3,(H,21,27)/t13-/m0/s1. The summed E-state index contributed by atoms with van der Waals surface area (Å²) in [4.78, 5) is 31.2. The Morgan fingerprint density at radius 2 is 2.07 bits per heavy atom. The van der Waals surface area contributed by atoms with E-state index in [2.05, 4.69) is 27.4 Å². The molecule has 0 spiro atoms. The molecule has 9 heteroatoms. The van der Waals surface area contributed by atoms with Crippen molar-refractivity contribution in [1.29, 1.82) is 0 Å². The Labute approximate surface area is 163 Å². The summed E-state index contributed by atoms with van der Waals surface area (Å²) in [7, 11) is 1.74. The van der Waals surface area contributed by atoms with Crippen LogP contribution < -0.4 is 10.2 Å². The molecule has 0 unspecified atom stereocenters. The molecular formula is C19H25N7O2. The highest BCUT2D eigenvalue weighted by Crippen LogP contribution is 2.46. The Morgan fingerprint density at radius 3 is 2.79 bits per heavy atom. The highest BCUT2D eigenvalue weighted by atomic mass is 16.2. The van der Waals surface area contributed by atoms with Crippen LogP contribution in [0, 0.1) is 5.41 Å². The number of fused-ring (bicyclic) bond motifs is 1. The Bertz CT molecular complexity index is 938. The van der Waals surface area contributed by atoms with Crippen molar-refractivity contribution in [2.24, 2.45) is 5.41 Å². The molecule has 3 aliphatic rings. The van der Waals surface area contributed by atoms with E-state index in [9.17, 15) is 9.59 Å². The third-order valence-corrected chi connectivity index (χ3v) is 6.07. The Kier molecular flexibility index (Phi) is 3.82. The molecule has 2 fully saturated rings. The van der Waals surface area contributed by atoms with Gasteiger partial charge in [-0.05, 0) is 37.5 Å². The second-order valence-electron chi connectivity index (χ2n) is 8.71. The van der Waals surface area contributed by atoms with Crippen LogP contribution in [-0.4, -0.2) is 49.4 Å². The first-order valence-corrected chi connectivity index (χ1v) is 9.97. The minimum Gasteiger partial charge on any atom is -0.337 e. The van der Waals surface area contributed by atoms with Crippen molar-refractivity contribution in [3.63, 3.8) is 0 Å². The van der Waals surface area contributed by atoms with E-state index < -0.39 is 11.9 Å². The summed E-state index contributed by atoms with van der Waals surface area (Å²) in [6.07, 6.45) is 6.78. The maximum absolute atomic E-state index is 12.9. The quantitative estimate of drug-likeness (QED) is 0.840. The van der Waals surface area contributed by atoms with Crippen molar-refractivity contribution in [3.05, 3.63) is 23.9 Å². The number of anilines is 1. The highest BCUT2D eigenvalue weighted by Gasteiger charge is 2.38. The van der Waals surface area contributed by atoms with Gasteiger partial charge in [-0.1, -0.05) is 6.92 Å². The minimum absolute atomic E-state index is 0.109. The van der Waals surface area contributed by atoms with Gasteiger partial charge in [-0.15, -0.1) is 5.10 Å². The van der Waals surface area contributed by atoms with Crippen molar-refractivity contribution in [2.45, 2.75) is 64.1 Å². The van der Waals surface area contributed by atoms with Crippen LogP contribution in [0.15, 0.2) is 12.4 Å². The summed E-state index contributed by atoms with van der Waals surface area (Å²) in [5.41, 5.74) is 1.34. The lowest BCUT2D eigenvalue weighted by atomic mass is 10.1. The molecule has 0 radical (unpaired) electrons. The minimum atomic E-state index is -0.614. The molecule has 0 aromatic carbocycles. The molecule has 2 saturated carbocycles. The van der Waals surface area contributed by atoms with Crippen LogP contribution in [-0.2, 0) is 17.9 Å². The SMILES string of the molecule is CN1C(=O)[C@@H](NC(=O)c2ncn(CC3(C)CC3)n2)CCn2nc(C3CC3)cc21. The topological polar surface area (TPSA) is 97.9 Å². The number of aryl methyl sites for hydroxylation is 1. The van der Waals surface area contributed by atoms with Crippen LogP contribution in [0.5, 0.6) is 0 Å². The summed E-state index contributed by atoms with van der Waals surface area (Å²) in [5, 5.41) is 11.8. The lowest BCUT2D eigenvalue weighted by Crippen LogP contribution is -2.47. The van der Waals surface area contributed by atoms with Crippen LogP contribution >= 0.6 is 0 Å². The molecule has 0 saturated heterocycles. The number of nitrogens with one attached hydrogen (secondary N) is 1. The third-order valence-electron chi connectivity index (χ3n) is 6.07. The summed E-state index contributed by atoms with van der Waals surface area (Å²) in [5.74, 6) is 0.892. The molecule has 2 amide bonds. The van der Waals surface area contributed by atoms with E-state index in [4.69, 9.17) is 0 Å². The van der Waals surface area contributed by atoms with Crippen LogP contribution in [0.3, 0.4) is 0 Å². The molecule has 9 nitrogen and oxygen atoms in total. The summed E-state index contributed by atoms with van der Waals surface area (Å²) in [6, 6.07) is 1.39. The summed E-state index contributed by atoms with van der Waals surface area (Å²) in [6.45, 7) is 3.55. The fourth-order valence-corrected chi connectivity index (χ4v) is 3.76. The van der Waals surface area contributed by atoms with E-state index in [0.717, 1.165) is 18.1 Å². The van der Waals surface area contributed by atoms with Crippen LogP contribution in [0.25, 0.3) is 0 Å². The van der Waals surface area contributed by atoms with Crippen molar-refractivity contribution in [1.82, 2.24) is 29.9 Å². The Hall–Kier alpha value is -2.71. The smallest absolute Gasteiger partial charge is 0.291 e. The number of nitrogens with zero attached hydrogens (tertiary/aromatic N) is 6. The van der Waals surface area contributed by atoms with E-state index in [1.807, 2.05) is 10.7 Å². The fraction of sp³-hybridized carbons (Fsp3) is 0.632. The first-order chi connectivity index (χ1) is 13.4. The predicted molar refractivity (Wildman–Crippen MR) is 101 cm³/mol. The first kappa shape index (κ1) is 17.4. The zero-order valence-electron chi connectivity index (χ0n) is 16.3. The van der Waals surface area contributed by atoms with Crippen molar-refractivity contribution < 1.29 is 9.59 Å². The Balaban J connectivity index is 1.27. The number of hydrogen-bond acceptors (Lipinski definition) is 5. The molecular weight excluding hydrogens is 358 g/mol. The van der Waals surface area contributed by atoms with E-state index in [-0.39, 0.29) is 17.1 Å². The molecule has 28 heavy (non-hydrogen) atoms. The van der Waals surface area contributed by atoms with Gasteiger partial charge in [-0.25, -0.2) is 9.67 Å². The number of rotatable bonds is 5. The van der Waals surface area contributed by atoms with Crippen LogP contribution in [0.1, 0.15) is 61.3 Å². The number of carbonyl (C=O) groups is 2.